The summed E-state index contributed by atoms with van der Waals surface area (Å²) in [7, 11) is 0. The molecule has 7 heteroatoms. The Labute approximate surface area is 125 Å². The summed E-state index contributed by atoms with van der Waals surface area (Å²) in [6.07, 6.45) is 5.54. The van der Waals surface area contributed by atoms with Gasteiger partial charge in [-0.15, -0.1) is 0 Å². The highest BCUT2D eigenvalue weighted by atomic mass is 79.9. The largest absolute Gasteiger partial charge is 0.475 e. The molecule has 6 nitrogen and oxygen atoms in total. The number of pyridine rings is 1. The standard InChI is InChI=1S/C13H16BrN3O3/c1-9-3-4-10(2)16(9)5-6-20-13-12(14)7-11(8-15-13)17(18)19/h3-4,7-10H,5-6H2,1-2H3. The molecule has 0 fully saturated rings. The summed E-state index contributed by atoms with van der Waals surface area (Å²) in [4.78, 5) is 16.4. The van der Waals surface area contributed by atoms with Crippen molar-refractivity contribution in [2.45, 2.75) is 25.9 Å². The third-order valence-electron chi connectivity index (χ3n) is 3.31. The lowest BCUT2D eigenvalue weighted by Crippen LogP contribution is -2.36. The van der Waals surface area contributed by atoms with Crippen molar-refractivity contribution in [3.8, 4) is 5.88 Å². The quantitative estimate of drug-likeness (QED) is 0.468. The Morgan fingerprint density at radius 3 is 2.65 bits per heavy atom. The first-order valence-corrected chi connectivity index (χ1v) is 7.15. The van der Waals surface area contributed by atoms with E-state index >= 15 is 0 Å². The number of hydrogen-bond donors (Lipinski definition) is 0. The van der Waals surface area contributed by atoms with Crippen LogP contribution in [-0.2, 0) is 0 Å². The van der Waals surface area contributed by atoms with Crippen LogP contribution in [0.15, 0.2) is 28.9 Å². The Hall–Kier alpha value is -1.47. The van der Waals surface area contributed by atoms with Crippen LogP contribution in [0, 0.1) is 10.1 Å². The van der Waals surface area contributed by atoms with Gasteiger partial charge in [-0.25, -0.2) is 4.98 Å². The summed E-state index contributed by atoms with van der Waals surface area (Å²) in [6, 6.07) is 2.20. The maximum absolute atomic E-state index is 10.6. The van der Waals surface area contributed by atoms with E-state index in [-0.39, 0.29) is 5.69 Å². The smallest absolute Gasteiger partial charge is 0.288 e. The van der Waals surface area contributed by atoms with Crippen LogP contribution in [0.1, 0.15) is 13.8 Å². The average Bonchev–Trinajstić information content (AvgIpc) is 2.71. The van der Waals surface area contributed by atoms with Crippen LogP contribution >= 0.6 is 15.9 Å². The van der Waals surface area contributed by atoms with Gasteiger partial charge in [0.25, 0.3) is 5.69 Å². The molecule has 0 aliphatic carbocycles. The van der Waals surface area contributed by atoms with Crippen LogP contribution < -0.4 is 4.74 Å². The van der Waals surface area contributed by atoms with Crippen LogP contribution in [-0.4, -0.2) is 40.0 Å². The van der Waals surface area contributed by atoms with E-state index in [2.05, 4.69) is 51.8 Å². The lowest BCUT2D eigenvalue weighted by molar-refractivity contribution is -0.385. The maximum Gasteiger partial charge on any atom is 0.288 e. The van der Waals surface area contributed by atoms with Crippen LogP contribution in [0.3, 0.4) is 0 Å². The molecule has 2 atom stereocenters. The monoisotopic (exact) mass is 341 g/mol. The number of hydrogen-bond acceptors (Lipinski definition) is 5. The van der Waals surface area contributed by atoms with Crippen LogP contribution in [0.5, 0.6) is 5.88 Å². The van der Waals surface area contributed by atoms with Crippen molar-refractivity contribution in [2.24, 2.45) is 0 Å². The summed E-state index contributed by atoms with van der Waals surface area (Å²) >= 11 is 3.23. The van der Waals surface area contributed by atoms with Gasteiger partial charge in [0, 0.05) is 24.7 Å². The number of nitrogens with zero attached hydrogens (tertiary/aromatic N) is 3. The average molecular weight is 342 g/mol. The highest BCUT2D eigenvalue weighted by molar-refractivity contribution is 9.10. The first kappa shape index (κ1) is 14.9. The Kier molecular flexibility index (Phi) is 4.72. The molecule has 1 aliphatic heterocycles. The summed E-state index contributed by atoms with van der Waals surface area (Å²) in [6.45, 7) is 5.54. The second kappa shape index (κ2) is 6.32. The molecule has 0 aromatic carbocycles. The van der Waals surface area contributed by atoms with Gasteiger partial charge < -0.3 is 4.74 Å². The first-order valence-electron chi connectivity index (χ1n) is 6.36. The van der Waals surface area contributed by atoms with E-state index in [0.29, 0.717) is 29.0 Å². The molecule has 0 saturated heterocycles. The zero-order valence-corrected chi connectivity index (χ0v) is 12.9. The minimum Gasteiger partial charge on any atom is -0.475 e. The SMILES string of the molecule is CC1C=CC(C)N1CCOc1ncc([N+](=O)[O-])cc1Br. The molecule has 0 saturated carbocycles. The van der Waals surface area contributed by atoms with E-state index in [0.717, 1.165) is 6.54 Å². The van der Waals surface area contributed by atoms with Crippen molar-refractivity contribution in [3.05, 3.63) is 39.0 Å². The van der Waals surface area contributed by atoms with E-state index in [1.54, 1.807) is 0 Å². The highest BCUT2D eigenvalue weighted by Crippen LogP contribution is 2.26. The van der Waals surface area contributed by atoms with Crippen molar-refractivity contribution in [1.29, 1.82) is 0 Å². The Balaban J connectivity index is 1.90. The summed E-state index contributed by atoms with van der Waals surface area (Å²) < 4.78 is 6.07. The van der Waals surface area contributed by atoms with Gasteiger partial charge in [-0.1, -0.05) is 12.2 Å². The number of halogens is 1. The second-order valence-corrected chi connectivity index (χ2v) is 5.54. The molecular formula is C13H16BrN3O3. The van der Waals surface area contributed by atoms with Crippen molar-refractivity contribution in [2.75, 3.05) is 13.2 Å². The fourth-order valence-corrected chi connectivity index (χ4v) is 2.64. The van der Waals surface area contributed by atoms with E-state index in [1.165, 1.54) is 12.3 Å². The van der Waals surface area contributed by atoms with Crippen molar-refractivity contribution < 1.29 is 9.66 Å². The molecule has 1 aromatic rings. The molecule has 1 aliphatic rings. The number of nitro groups is 1. The van der Waals surface area contributed by atoms with E-state index in [1.807, 2.05) is 0 Å². The van der Waals surface area contributed by atoms with Crippen molar-refractivity contribution >= 4 is 21.6 Å². The number of aromatic nitrogens is 1. The molecule has 20 heavy (non-hydrogen) atoms. The fraction of sp³-hybridized carbons (Fsp3) is 0.462. The van der Waals surface area contributed by atoms with Crippen LogP contribution in [0.4, 0.5) is 5.69 Å². The fourth-order valence-electron chi connectivity index (χ4n) is 2.19. The lowest BCUT2D eigenvalue weighted by Gasteiger charge is -2.25. The van der Waals surface area contributed by atoms with Gasteiger partial charge in [-0.3, -0.25) is 15.0 Å². The Morgan fingerprint density at radius 1 is 1.45 bits per heavy atom. The van der Waals surface area contributed by atoms with E-state index < -0.39 is 4.92 Å². The van der Waals surface area contributed by atoms with Gasteiger partial charge in [0.05, 0.1) is 9.40 Å². The summed E-state index contributed by atoms with van der Waals surface area (Å²) in [5.74, 6) is 0.378. The zero-order chi connectivity index (χ0) is 14.7. The van der Waals surface area contributed by atoms with Crippen LogP contribution in [0.2, 0.25) is 0 Å². The van der Waals surface area contributed by atoms with Gasteiger partial charge >= 0.3 is 0 Å². The molecule has 0 radical (unpaired) electrons. The molecule has 0 N–H and O–H groups in total. The third kappa shape index (κ3) is 3.34. The summed E-state index contributed by atoms with van der Waals surface area (Å²) in [5, 5.41) is 10.6. The molecule has 0 amide bonds. The molecule has 0 bridgehead atoms. The molecule has 0 spiro atoms. The second-order valence-electron chi connectivity index (χ2n) is 4.69. The topological polar surface area (TPSA) is 68.5 Å². The Morgan fingerprint density at radius 2 is 2.10 bits per heavy atom. The third-order valence-corrected chi connectivity index (χ3v) is 3.87. The van der Waals surface area contributed by atoms with Gasteiger partial charge in [0.15, 0.2) is 0 Å². The maximum atomic E-state index is 10.6. The predicted molar refractivity (Wildman–Crippen MR) is 78.9 cm³/mol. The van der Waals surface area contributed by atoms with Crippen molar-refractivity contribution in [1.82, 2.24) is 9.88 Å². The van der Waals surface area contributed by atoms with Gasteiger partial charge in [0.1, 0.15) is 12.8 Å². The van der Waals surface area contributed by atoms with Gasteiger partial charge in [0.2, 0.25) is 5.88 Å². The first-order chi connectivity index (χ1) is 9.49. The number of ether oxygens (including phenoxy) is 1. The van der Waals surface area contributed by atoms with Crippen molar-refractivity contribution in [3.63, 3.8) is 0 Å². The number of rotatable bonds is 5. The molecule has 1 aromatic heterocycles. The minimum atomic E-state index is -0.485. The summed E-state index contributed by atoms with van der Waals surface area (Å²) in [5.41, 5.74) is -0.0600. The lowest BCUT2D eigenvalue weighted by atomic mass is 10.3. The van der Waals surface area contributed by atoms with Gasteiger partial charge in [-0.05, 0) is 29.8 Å². The molecule has 108 valence electrons. The normalized spacial score (nSPS) is 22.1. The molecule has 2 heterocycles. The minimum absolute atomic E-state index is 0.0600. The van der Waals surface area contributed by atoms with E-state index in [9.17, 15) is 10.1 Å². The zero-order valence-electron chi connectivity index (χ0n) is 11.3. The Bertz CT molecular complexity index is 524. The molecule has 2 unspecified atom stereocenters. The predicted octanol–water partition coefficient (Wildman–Crippen LogP) is 2.78. The van der Waals surface area contributed by atoms with Crippen LogP contribution in [0.25, 0.3) is 0 Å². The molecule has 2 rings (SSSR count). The molecular weight excluding hydrogens is 326 g/mol. The van der Waals surface area contributed by atoms with E-state index in [4.69, 9.17) is 4.74 Å². The van der Waals surface area contributed by atoms with Gasteiger partial charge in [-0.2, -0.15) is 0 Å². The highest BCUT2D eigenvalue weighted by Gasteiger charge is 2.21.